The van der Waals surface area contributed by atoms with Gasteiger partial charge in [-0.15, -0.1) is 0 Å². The highest BCUT2D eigenvalue weighted by Crippen LogP contribution is 2.12. The molecule has 0 aromatic carbocycles. The average Bonchev–Trinajstić information content (AvgIpc) is 2.39. The fourth-order valence-electron chi connectivity index (χ4n) is 2.27. The second-order valence-electron chi connectivity index (χ2n) is 5.29. The van der Waals surface area contributed by atoms with Gasteiger partial charge in [-0.25, -0.2) is 0 Å². The summed E-state index contributed by atoms with van der Waals surface area (Å²) in [5.74, 6) is 0. The monoisotopic (exact) mass is 254 g/mol. The topological polar surface area (TPSA) is 9.23 Å². The van der Waals surface area contributed by atoms with Crippen LogP contribution in [0, 0.1) is 0 Å². The van der Waals surface area contributed by atoms with Crippen molar-refractivity contribution in [3.63, 3.8) is 0 Å². The van der Waals surface area contributed by atoms with Crippen LogP contribution in [0.5, 0.6) is 0 Å². The summed E-state index contributed by atoms with van der Waals surface area (Å²) in [4.78, 5) is 0. The third-order valence-corrected chi connectivity index (χ3v) is 3.46. The molecule has 1 heteroatoms. The highest BCUT2D eigenvalue weighted by atomic mass is 16.5. The predicted octanol–water partition coefficient (Wildman–Crippen LogP) is 6.24. The largest absolute Gasteiger partial charge is 0.505 e. The zero-order valence-corrected chi connectivity index (χ0v) is 12.8. The molecule has 0 spiro atoms. The molecule has 0 aliphatic heterocycles. The van der Waals surface area contributed by atoms with E-state index in [1.165, 1.54) is 83.5 Å². The number of methoxy groups -OCH3 is 1. The summed E-state index contributed by atoms with van der Waals surface area (Å²) in [6.45, 7) is 2.28. The average molecular weight is 254 g/mol. The molecule has 0 rings (SSSR count). The first-order chi connectivity index (χ1) is 8.91. The van der Waals surface area contributed by atoms with Gasteiger partial charge in [0.05, 0.1) is 13.4 Å². The van der Waals surface area contributed by atoms with E-state index < -0.39 is 0 Å². The van der Waals surface area contributed by atoms with Gasteiger partial charge in [0, 0.05) is 0 Å². The van der Waals surface area contributed by atoms with Crippen LogP contribution in [-0.2, 0) is 4.74 Å². The molecule has 0 atom stereocenters. The maximum absolute atomic E-state index is 4.87. The minimum atomic E-state index is 1.17. The van der Waals surface area contributed by atoms with Crippen molar-refractivity contribution < 1.29 is 4.74 Å². The number of ether oxygens (including phenoxy) is 1. The third-order valence-electron chi connectivity index (χ3n) is 3.46. The van der Waals surface area contributed by atoms with Crippen LogP contribution in [0.4, 0.5) is 0 Å². The lowest BCUT2D eigenvalue weighted by atomic mass is 10.0. The smallest absolute Gasteiger partial charge is 0.0784 e. The van der Waals surface area contributed by atoms with E-state index in [0.717, 1.165) is 0 Å². The summed E-state index contributed by atoms with van der Waals surface area (Å²) in [5.41, 5.74) is 0. The van der Waals surface area contributed by atoms with Gasteiger partial charge in [-0.1, -0.05) is 77.6 Å². The van der Waals surface area contributed by atoms with Crippen LogP contribution in [0.2, 0.25) is 0 Å². The van der Waals surface area contributed by atoms with Crippen LogP contribution in [0.3, 0.4) is 0 Å². The maximum Gasteiger partial charge on any atom is 0.0784 e. The van der Waals surface area contributed by atoms with Crippen molar-refractivity contribution in [1.29, 1.82) is 0 Å². The summed E-state index contributed by atoms with van der Waals surface area (Å²) in [7, 11) is 1.71. The van der Waals surface area contributed by atoms with Crippen molar-refractivity contribution in [3.05, 3.63) is 12.3 Å². The molecular weight excluding hydrogens is 220 g/mol. The molecule has 0 amide bonds. The van der Waals surface area contributed by atoms with Gasteiger partial charge in [0.25, 0.3) is 0 Å². The Balaban J connectivity index is 2.92. The maximum atomic E-state index is 4.87. The van der Waals surface area contributed by atoms with Crippen LogP contribution in [-0.4, -0.2) is 7.11 Å². The molecule has 0 unspecified atom stereocenters. The second kappa shape index (κ2) is 16.5. The second-order valence-corrected chi connectivity index (χ2v) is 5.29. The number of hydrogen-bond acceptors (Lipinski definition) is 1. The number of hydrogen-bond donors (Lipinski definition) is 0. The first kappa shape index (κ1) is 17.5. The van der Waals surface area contributed by atoms with Gasteiger partial charge in [-0.3, -0.25) is 0 Å². The molecule has 0 aromatic rings. The first-order valence-corrected chi connectivity index (χ1v) is 8.09. The number of unbranched alkanes of at least 4 members (excludes halogenated alkanes) is 12. The van der Waals surface area contributed by atoms with Gasteiger partial charge >= 0.3 is 0 Å². The fraction of sp³-hybridized carbons (Fsp3) is 0.882. The molecule has 108 valence electrons. The number of allylic oxidation sites excluding steroid dienone is 1. The molecule has 0 aliphatic carbocycles. The highest BCUT2D eigenvalue weighted by molar-refractivity contribution is 4.72. The van der Waals surface area contributed by atoms with Crippen molar-refractivity contribution in [3.8, 4) is 0 Å². The minimum Gasteiger partial charge on any atom is -0.505 e. The van der Waals surface area contributed by atoms with Gasteiger partial charge in [0.15, 0.2) is 0 Å². The summed E-state index contributed by atoms with van der Waals surface area (Å²) in [6.07, 6.45) is 22.1. The molecule has 0 radical (unpaired) electrons. The van der Waals surface area contributed by atoms with E-state index in [1.54, 1.807) is 13.4 Å². The molecule has 0 fully saturated rings. The van der Waals surface area contributed by atoms with Crippen molar-refractivity contribution in [2.24, 2.45) is 0 Å². The quantitative estimate of drug-likeness (QED) is 0.263. The highest BCUT2D eigenvalue weighted by Gasteiger charge is 1.92. The van der Waals surface area contributed by atoms with Crippen LogP contribution in [0.1, 0.15) is 90.4 Å². The summed E-state index contributed by atoms with van der Waals surface area (Å²) in [5, 5.41) is 0. The first-order valence-electron chi connectivity index (χ1n) is 8.09. The zero-order valence-electron chi connectivity index (χ0n) is 12.8. The fourth-order valence-corrected chi connectivity index (χ4v) is 2.27. The SMILES string of the molecule is CCCCCCCCCCCCCC/C=C/OC. The van der Waals surface area contributed by atoms with E-state index in [2.05, 4.69) is 13.0 Å². The van der Waals surface area contributed by atoms with Crippen LogP contribution >= 0.6 is 0 Å². The van der Waals surface area contributed by atoms with Gasteiger partial charge in [0.2, 0.25) is 0 Å². The van der Waals surface area contributed by atoms with Gasteiger partial charge < -0.3 is 4.74 Å². The van der Waals surface area contributed by atoms with E-state index >= 15 is 0 Å². The molecule has 0 aliphatic rings. The predicted molar refractivity (Wildman–Crippen MR) is 81.8 cm³/mol. The van der Waals surface area contributed by atoms with E-state index in [-0.39, 0.29) is 0 Å². The van der Waals surface area contributed by atoms with Crippen molar-refractivity contribution >= 4 is 0 Å². The molecule has 1 nitrogen and oxygen atoms in total. The van der Waals surface area contributed by atoms with Crippen LogP contribution < -0.4 is 0 Å². The number of rotatable bonds is 14. The summed E-state index contributed by atoms with van der Waals surface area (Å²) >= 11 is 0. The molecule has 0 saturated heterocycles. The van der Waals surface area contributed by atoms with Gasteiger partial charge in [-0.05, 0) is 18.9 Å². The molecule has 0 aromatic heterocycles. The zero-order chi connectivity index (χ0) is 13.3. The van der Waals surface area contributed by atoms with Crippen molar-refractivity contribution in [2.45, 2.75) is 90.4 Å². The minimum absolute atomic E-state index is 1.17. The lowest BCUT2D eigenvalue weighted by Crippen LogP contribution is -1.82. The lowest BCUT2D eigenvalue weighted by Gasteiger charge is -2.02. The Hall–Kier alpha value is -0.460. The molecular formula is C17H34O. The van der Waals surface area contributed by atoms with E-state index in [4.69, 9.17) is 4.74 Å². The molecule has 18 heavy (non-hydrogen) atoms. The van der Waals surface area contributed by atoms with Crippen molar-refractivity contribution in [1.82, 2.24) is 0 Å². The Labute approximate surface area is 115 Å². The van der Waals surface area contributed by atoms with Crippen LogP contribution in [0.15, 0.2) is 12.3 Å². The standard InChI is InChI=1S/C17H34O/c1-3-4-5-6-7-8-9-10-11-12-13-14-15-16-17-18-2/h16-17H,3-15H2,1-2H3/b17-16+. The Morgan fingerprint density at radius 2 is 1.11 bits per heavy atom. The Morgan fingerprint density at radius 1 is 0.667 bits per heavy atom. The molecule has 0 N–H and O–H groups in total. The van der Waals surface area contributed by atoms with E-state index in [9.17, 15) is 0 Å². The Kier molecular flexibility index (Phi) is 16.1. The summed E-state index contributed by atoms with van der Waals surface area (Å²) in [6, 6.07) is 0. The molecule has 0 saturated carbocycles. The van der Waals surface area contributed by atoms with Crippen LogP contribution in [0.25, 0.3) is 0 Å². The Morgan fingerprint density at radius 3 is 1.56 bits per heavy atom. The van der Waals surface area contributed by atoms with Gasteiger partial charge in [0.1, 0.15) is 0 Å². The lowest BCUT2D eigenvalue weighted by molar-refractivity contribution is 0.336. The molecule has 0 bridgehead atoms. The normalized spacial score (nSPS) is 11.2. The summed E-state index contributed by atoms with van der Waals surface area (Å²) < 4.78 is 4.87. The van der Waals surface area contributed by atoms with E-state index in [1.807, 2.05) is 0 Å². The Bertz CT molecular complexity index is 163. The molecule has 0 heterocycles. The third kappa shape index (κ3) is 15.5. The van der Waals surface area contributed by atoms with E-state index in [0.29, 0.717) is 0 Å². The van der Waals surface area contributed by atoms with Gasteiger partial charge in [-0.2, -0.15) is 0 Å². The van der Waals surface area contributed by atoms with Crippen molar-refractivity contribution in [2.75, 3.05) is 7.11 Å².